The molecule has 0 unspecified atom stereocenters. The van der Waals surface area contributed by atoms with Gasteiger partial charge in [0, 0.05) is 15.6 Å². The summed E-state index contributed by atoms with van der Waals surface area (Å²) in [5, 5.41) is 0. The number of hydrogen-bond acceptors (Lipinski definition) is 1. The summed E-state index contributed by atoms with van der Waals surface area (Å²) in [4.78, 5) is 12.7. The molecule has 0 radical (unpaired) electrons. The zero-order chi connectivity index (χ0) is 14.8. The molecule has 1 nitrogen and oxygen atoms in total. The van der Waals surface area contributed by atoms with E-state index in [9.17, 15) is 4.79 Å². The van der Waals surface area contributed by atoms with E-state index < -0.39 is 0 Å². The second-order valence-corrected chi connectivity index (χ2v) is 6.27. The van der Waals surface area contributed by atoms with Crippen LogP contribution in [0.4, 0.5) is 0 Å². The van der Waals surface area contributed by atoms with Crippen LogP contribution in [-0.4, -0.2) is 5.78 Å². The number of Topliss-reactive ketones (excluding diaryl/α,β-unsaturated/α-hetero) is 1. The molecule has 2 aromatic rings. The van der Waals surface area contributed by atoms with E-state index >= 15 is 0 Å². The molecule has 0 spiro atoms. The summed E-state index contributed by atoms with van der Waals surface area (Å²) in [6, 6.07) is 14.3. The first-order valence-electron chi connectivity index (χ1n) is 7.30. The Morgan fingerprint density at radius 3 is 2.76 bits per heavy atom. The Bertz CT molecular complexity index is 728. The van der Waals surface area contributed by atoms with E-state index in [0.29, 0.717) is 0 Å². The normalized spacial score (nSPS) is 16.1. The molecule has 0 amide bonds. The van der Waals surface area contributed by atoms with E-state index in [2.05, 4.69) is 47.1 Å². The number of ketones is 1. The Labute approximate surface area is 133 Å². The minimum atomic E-state index is 0.170. The van der Waals surface area contributed by atoms with Crippen LogP contribution in [0.3, 0.4) is 0 Å². The van der Waals surface area contributed by atoms with Gasteiger partial charge in [0.2, 0.25) is 0 Å². The molecule has 0 N–H and O–H groups in total. The van der Waals surface area contributed by atoms with E-state index in [-0.39, 0.29) is 5.78 Å². The molecule has 0 heterocycles. The van der Waals surface area contributed by atoms with Crippen molar-refractivity contribution in [2.45, 2.75) is 26.2 Å². The van der Waals surface area contributed by atoms with Crippen molar-refractivity contribution in [3.63, 3.8) is 0 Å². The largest absolute Gasteiger partial charge is 0.289 e. The standard InChI is InChI=1S/C19H17BrO/c1-2-13-5-3-4-6-15(13)11-16-8-7-14-9-10-17(20)12-18(14)19(16)21/h3-6,9-12H,2,7-8H2,1H3/b16-11+. The van der Waals surface area contributed by atoms with E-state index in [1.807, 2.05) is 24.3 Å². The zero-order valence-corrected chi connectivity index (χ0v) is 13.6. The van der Waals surface area contributed by atoms with Crippen LogP contribution in [-0.2, 0) is 12.8 Å². The number of aryl methyl sites for hydroxylation is 2. The first-order valence-corrected chi connectivity index (χ1v) is 8.10. The molecule has 1 aliphatic rings. The van der Waals surface area contributed by atoms with Gasteiger partial charge in [0.25, 0.3) is 0 Å². The molecule has 2 heteroatoms. The monoisotopic (exact) mass is 340 g/mol. The summed E-state index contributed by atoms with van der Waals surface area (Å²) in [5.74, 6) is 0.170. The summed E-state index contributed by atoms with van der Waals surface area (Å²) < 4.78 is 0.963. The van der Waals surface area contributed by atoms with Crippen molar-refractivity contribution in [1.29, 1.82) is 0 Å². The molecule has 0 saturated carbocycles. The van der Waals surface area contributed by atoms with Crippen LogP contribution in [0.25, 0.3) is 6.08 Å². The molecule has 21 heavy (non-hydrogen) atoms. The van der Waals surface area contributed by atoms with E-state index in [1.54, 1.807) is 0 Å². The lowest BCUT2D eigenvalue weighted by Crippen LogP contribution is -2.14. The Morgan fingerprint density at radius 1 is 1.14 bits per heavy atom. The smallest absolute Gasteiger partial charge is 0.189 e. The third kappa shape index (κ3) is 2.86. The van der Waals surface area contributed by atoms with Crippen LogP contribution in [0, 0.1) is 0 Å². The molecule has 0 aromatic heterocycles. The summed E-state index contributed by atoms with van der Waals surface area (Å²) >= 11 is 3.46. The fourth-order valence-electron chi connectivity index (χ4n) is 2.86. The van der Waals surface area contributed by atoms with Gasteiger partial charge in [-0.2, -0.15) is 0 Å². The van der Waals surface area contributed by atoms with Crippen molar-refractivity contribution in [2.75, 3.05) is 0 Å². The maximum atomic E-state index is 12.7. The van der Waals surface area contributed by atoms with Crippen molar-refractivity contribution >= 4 is 27.8 Å². The number of hydrogen-bond donors (Lipinski definition) is 0. The van der Waals surface area contributed by atoms with Crippen molar-refractivity contribution in [1.82, 2.24) is 0 Å². The number of halogens is 1. The highest BCUT2D eigenvalue weighted by Crippen LogP contribution is 2.29. The van der Waals surface area contributed by atoms with Crippen LogP contribution in [0.15, 0.2) is 52.5 Å². The third-order valence-corrected chi connectivity index (χ3v) is 4.53. The van der Waals surface area contributed by atoms with Gasteiger partial charge in [-0.3, -0.25) is 4.79 Å². The van der Waals surface area contributed by atoms with Gasteiger partial charge in [0.15, 0.2) is 5.78 Å². The topological polar surface area (TPSA) is 17.1 Å². The number of carbonyl (C=O) groups excluding carboxylic acids is 1. The minimum Gasteiger partial charge on any atom is -0.289 e. The predicted octanol–water partition coefficient (Wildman–Crippen LogP) is 5.22. The summed E-state index contributed by atoms with van der Waals surface area (Å²) in [5.41, 5.74) is 5.38. The molecule has 0 saturated heterocycles. The van der Waals surface area contributed by atoms with Gasteiger partial charge >= 0.3 is 0 Å². The molecule has 106 valence electrons. The molecule has 3 rings (SSSR count). The van der Waals surface area contributed by atoms with Crippen LogP contribution >= 0.6 is 15.9 Å². The SMILES string of the molecule is CCc1ccccc1/C=C1\CCc2ccc(Br)cc2C1=O. The summed E-state index contributed by atoms with van der Waals surface area (Å²) in [7, 11) is 0. The molecule has 1 aliphatic carbocycles. The summed E-state index contributed by atoms with van der Waals surface area (Å²) in [6.07, 6.45) is 4.82. The molecule has 0 bridgehead atoms. The average Bonchev–Trinajstić information content (AvgIpc) is 2.51. The number of allylic oxidation sites excluding steroid dienone is 1. The second kappa shape index (κ2) is 5.98. The predicted molar refractivity (Wildman–Crippen MR) is 90.6 cm³/mol. The Hall–Kier alpha value is -1.67. The number of rotatable bonds is 2. The van der Waals surface area contributed by atoms with Crippen LogP contribution < -0.4 is 0 Å². The van der Waals surface area contributed by atoms with Crippen LogP contribution in [0.5, 0.6) is 0 Å². The maximum Gasteiger partial charge on any atom is 0.189 e. The Balaban J connectivity index is 2.01. The van der Waals surface area contributed by atoms with Gasteiger partial charge in [-0.15, -0.1) is 0 Å². The average molecular weight is 341 g/mol. The molecular formula is C19H17BrO. The fourth-order valence-corrected chi connectivity index (χ4v) is 3.22. The molecule has 0 fully saturated rings. The van der Waals surface area contributed by atoms with E-state index in [1.165, 1.54) is 11.1 Å². The molecular weight excluding hydrogens is 324 g/mol. The maximum absolute atomic E-state index is 12.7. The van der Waals surface area contributed by atoms with Gasteiger partial charge in [0.05, 0.1) is 0 Å². The molecule has 2 aromatic carbocycles. The highest BCUT2D eigenvalue weighted by atomic mass is 79.9. The number of fused-ring (bicyclic) bond motifs is 1. The lowest BCUT2D eigenvalue weighted by atomic mass is 9.85. The van der Waals surface area contributed by atoms with Gasteiger partial charge in [-0.25, -0.2) is 0 Å². The van der Waals surface area contributed by atoms with Gasteiger partial charge in [-0.05, 0) is 54.2 Å². The van der Waals surface area contributed by atoms with Crippen LogP contribution in [0.1, 0.15) is 40.4 Å². The Morgan fingerprint density at radius 2 is 1.95 bits per heavy atom. The van der Waals surface area contributed by atoms with Gasteiger partial charge in [0.1, 0.15) is 0 Å². The minimum absolute atomic E-state index is 0.170. The first-order chi connectivity index (χ1) is 10.2. The number of carbonyl (C=O) groups is 1. The second-order valence-electron chi connectivity index (χ2n) is 5.35. The van der Waals surface area contributed by atoms with E-state index in [4.69, 9.17) is 0 Å². The Kier molecular flexibility index (Phi) is 4.07. The molecule has 0 atom stereocenters. The van der Waals surface area contributed by atoms with Gasteiger partial charge in [-0.1, -0.05) is 53.2 Å². The molecule has 0 aliphatic heterocycles. The highest BCUT2D eigenvalue weighted by molar-refractivity contribution is 9.10. The third-order valence-electron chi connectivity index (χ3n) is 4.04. The highest BCUT2D eigenvalue weighted by Gasteiger charge is 2.22. The quantitative estimate of drug-likeness (QED) is 0.684. The van der Waals surface area contributed by atoms with Crippen molar-refractivity contribution in [3.8, 4) is 0 Å². The summed E-state index contributed by atoms with van der Waals surface area (Å²) in [6.45, 7) is 2.15. The van der Waals surface area contributed by atoms with Crippen molar-refractivity contribution in [2.24, 2.45) is 0 Å². The van der Waals surface area contributed by atoms with E-state index in [0.717, 1.165) is 40.4 Å². The zero-order valence-electron chi connectivity index (χ0n) is 12.0. The lowest BCUT2D eigenvalue weighted by Gasteiger charge is -2.18. The van der Waals surface area contributed by atoms with Crippen LogP contribution in [0.2, 0.25) is 0 Å². The van der Waals surface area contributed by atoms with Crippen molar-refractivity contribution < 1.29 is 4.79 Å². The van der Waals surface area contributed by atoms with Gasteiger partial charge < -0.3 is 0 Å². The van der Waals surface area contributed by atoms with Crippen molar-refractivity contribution in [3.05, 3.63) is 74.8 Å². The lowest BCUT2D eigenvalue weighted by molar-refractivity contribution is 0.102. The number of benzene rings is 2. The fraction of sp³-hybridized carbons (Fsp3) is 0.211. The first kappa shape index (κ1) is 14.3.